The average molecular weight is 326 g/mol. The molecule has 0 spiro atoms. The predicted molar refractivity (Wildman–Crippen MR) is 101 cm³/mol. The maximum atomic E-state index is 5.70. The Morgan fingerprint density at radius 3 is 2.88 bits per heavy atom. The zero-order chi connectivity index (χ0) is 17.5. The Labute approximate surface area is 146 Å². The van der Waals surface area contributed by atoms with Crippen LogP contribution in [0.15, 0.2) is 37.2 Å². The van der Waals surface area contributed by atoms with Gasteiger partial charge in [-0.15, -0.1) is 0 Å². The quantitative estimate of drug-likeness (QED) is 0.605. The number of hydrogen-bond donors (Lipinski definition) is 0. The van der Waals surface area contributed by atoms with Gasteiger partial charge >= 0.3 is 0 Å². The van der Waals surface area contributed by atoms with Gasteiger partial charge in [0.15, 0.2) is 0 Å². The van der Waals surface area contributed by atoms with Crippen LogP contribution in [0.3, 0.4) is 0 Å². The Bertz CT molecular complexity index is 672. The van der Waals surface area contributed by atoms with Crippen LogP contribution in [0, 0.1) is 19.8 Å². The summed E-state index contributed by atoms with van der Waals surface area (Å²) in [5.41, 5.74) is 5.82. The lowest BCUT2D eigenvalue weighted by Crippen LogP contribution is -2.14. The van der Waals surface area contributed by atoms with Crippen LogP contribution in [0.4, 0.5) is 0 Å². The standard InChI is InChI=1S/C21H30N2O/c1-6-7-10-24-15-17(3)13-23-14-20(12-22-23)19(5)21-11-16(2)8-9-18(21)4/h8-9,11-12,14,17H,5-7,10,13,15H2,1-4H3. The molecule has 1 unspecified atom stereocenters. The molecular weight excluding hydrogens is 296 g/mol. The Balaban J connectivity index is 1.97. The second-order valence-corrected chi connectivity index (χ2v) is 6.78. The lowest BCUT2D eigenvalue weighted by atomic mass is 9.96. The minimum absolute atomic E-state index is 0.448. The summed E-state index contributed by atoms with van der Waals surface area (Å²) in [6, 6.07) is 6.48. The van der Waals surface area contributed by atoms with Gasteiger partial charge in [-0.05, 0) is 42.9 Å². The molecule has 0 fully saturated rings. The molecule has 0 N–H and O–H groups in total. The molecular formula is C21H30N2O. The van der Waals surface area contributed by atoms with E-state index < -0.39 is 0 Å². The van der Waals surface area contributed by atoms with Gasteiger partial charge in [0.05, 0.1) is 12.8 Å². The number of ether oxygens (including phenoxy) is 1. The van der Waals surface area contributed by atoms with Gasteiger partial charge in [0, 0.05) is 24.9 Å². The first-order valence-corrected chi connectivity index (χ1v) is 8.88. The summed E-state index contributed by atoms with van der Waals surface area (Å²) in [7, 11) is 0. The van der Waals surface area contributed by atoms with E-state index in [0.29, 0.717) is 5.92 Å². The second kappa shape index (κ2) is 8.84. The van der Waals surface area contributed by atoms with Gasteiger partial charge in [-0.2, -0.15) is 5.10 Å². The van der Waals surface area contributed by atoms with Crippen molar-refractivity contribution in [1.82, 2.24) is 9.78 Å². The van der Waals surface area contributed by atoms with E-state index in [1.165, 1.54) is 23.1 Å². The Kier molecular flexibility index (Phi) is 6.80. The van der Waals surface area contributed by atoms with Crippen LogP contribution in [0.2, 0.25) is 0 Å². The summed E-state index contributed by atoms with van der Waals surface area (Å²) in [6.45, 7) is 15.4. The van der Waals surface area contributed by atoms with Crippen LogP contribution in [-0.4, -0.2) is 23.0 Å². The Morgan fingerprint density at radius 1 is 1.33 bits per heavy atom. The van der Waals surface area contributed by atoms with Gasteiger partial charge in [0.25, 0.3) is 0 Å². The normalized spacial score (nSPS) is 12.3. The number of nitrogens with zero attached hydrogens (tertiary/aromatic N) is 2. The molecule has 0 aliphatic carbocycles. The molecule has 1 heterocycles. The molecule has 0 aliphatic rings. The molecule has 1 atom stereocenters. The number of hydrogen-bond acceptors (Lipinski definition) is 2. The van der Waals surface area contributed by atoms with E-state index in [2.05, 4.69) is 63.8 Å². The van der Waals surface area contributed by atoms with Crippen molar-refractivity contribution in [3.05, 3.63) is 59.4 Å². The van der Waals surface area contributed by atoms with Crippen molar-refractivity contribution in [3.63, 3.8) is 0 Å². The van der Waals surface area contributed by atoms with Gasteiger partial charge in [-0.1, -0.05) is 50.6 Å². The van der Waals surface area contributed by atoms with Crippen LogP contribution in [-0.2, 0) is 11.3 Å². The fraction of sp³-hybridized carbons (Fsp3) is 0.476. The first-order valence-electron chi connectivity index (χ1n) is 8.88. The molecule has 0 radical (unpaired) electrons. The maximum Gasteiger partial charge on any atom is 0.0568 e. The summed E-state index contributed by atoms with van der Waals surface area (Å²) < 4.78 is 7.70. The van der Waals surface area contributed by atoms with E-state index in [4.69, 9.17) is 4.74 Å². The summed E-state index contributed by atoms with van der Waals surface area (Å²) in [6.07, 6.45) is 6.31. The molecule has 0 saturated carbocycles. The van der Waals surface area contributed by atoms with Crippen molar-refractivity contribution < 1.29 is 4.74 Å². The molecule has 1 aromatic heterocycles. The number of rotatable bonds is 9. The number of aromatic nitrogens is 2. The number of aryl methyl sites for hydroxylation is 2. The average Bonchev–Trinajstić information content (AvgIpc) is 3.01. The number of unbranched alkanes of at least 4 members (excludes halogenated alkanes) is 1. The van der Waals surface area contributed by atoms with Crippen molar-refractivity contribution in [2.24, 2.45) is 5.92 Å². The van der Waals surface area contributed by atoms with Gasteiger partial charge in [-0.3, -0.25) is 4.68 Å². The predicted octanol–water partition coefficient (Wildman–Crippen LogP) is 5.01. The molecule has 2 aromatic rings. The molecule has 0 saturated heterocycles. The smallest absolute Gasteiger partial charge is 0.0568 e. The van der Waals surface area contributed by atoms with E-state index >= 15 is 0 Å². The fourth-order valence-corrected chi connectivity index (χ4v) is 2.74. The molecule has 2 rings (SSSR count). The third-order valence-corrected chi connectivity index (χ3v) is 4.24. The van der Waals surface area contributed by atoms with Crippen LogP contribution in [0.25, 0.3) is 5.57 Å². The Morgan fingerprint density at radius 2 is 2.12 bits per heavy atom. The monoisotopic (exact) mass is 326 g/mol. The summed E-state index contributed by atoms with van der Waals surface area (Å²) in [5.74, 6) is 0.448. The number of benzene rings is 1. The van der Waals surface area contributed by atoms with Gasteiger partial charge in [-0.25, -0.2) is 0 Å². The Hall–Kier alpha value is -1.87. The highest BCUT2D eigenvalue weighted by molar-refractivity contribution is 5.79. The minimum Gasteiger partial charge on any atom is -0.381 e. The first-order chi connectivity index (χ1) is 11.5. The zero-order valence-corrected chi connectivity index (χ0v) is 15.5. The van der Waals surface area contributed by atoms with E-state index in [-0.39, 0.29) is 0 Å². The van der Waals surface area contributed by atoms with Crippen LogP contribution in [0.5, 0.6) is 0 Å². The highest BCUT2D eigenvalue weighted by Crippen LogP contribution is 2.25. The van der Waals surface area contributed by atoms with Crippen molar-refractivity contribution in [1.29, 1.82) is 0 Å². The fourth-order valence-electron chi connectivity index (χ4n) is 2.74. The van der Waals surface area contributed by atoms with Crippen molar-refractivity contribution in [3.8, 4) is 0 Å². The first kappa shape index (κ1) is 18.5. The maximum absolute atomic E-state index is 5.70. The molecule has 130 valence electrons. The molecule has 0 aliphatic heterocycles. The van der Waals surface area contributed by atoms with Gasteiger partial charge in [0.2, 0.25) is 0 Å². The van der Waals surface area contributed by atoms with Crippen LogP contribution < -0.4 is 0 Å². The van der Waals surface area contributed by atoms with Crippen molar-refractivity contribution >= 4 is 5.57 Å². The van der Waals surface area contributed by atoms with Crippen LogP contribution in [0.1, 0.15) is 48.9 Å². The van der Waals surface area contributed by atoms with E-state index in [9.17, 15) is 0 Å². The highest BCUT2D eigenvalue weighted by Gasteiger charge is 2.10. The highest BCUT2D eigenvalue weighted by atomic mass is 16.5. The van der Waals surface area contributed by atoms with E-state index in [0.717, 1.165) is 37.3 Å². The topological polar surface area (TPSA) is 27.1 Å². The summed E-state index contributed by atoms with van der Waals surface area (Å²) in [4.78, 5) is 0. The van der Waals surface area contributed by atoms with Gasteiger partial charge in [0.1, 0.15) is 0 Å². The molecule has 0 bridgehead atoms. The van der Waals surface area contributed by atoms with Gasteiger partial charge < -0.3 is 4.74 Å². The summed E-state index contributed by atoms with van der Waals surface area (Å²) >= 11 is 0. The second-order valence-electron chi connectivity index (χ2n) is 6.78. The SMILES string of the molecule is C=C(c1cnn(CC(C)COCCCC)c1)c1cc(C)ccc1C. The molecule has 24 heavy (non-hydrogen) atoms. The summed E-state index contributed by atoms with van der Waals surface area (Å²) in [5, 5.41) is 4.50. The molecule has 0 amide bonds. The lowest BCUT2D eigenvalue weighted by molar-refractivity contribution is 0.0956. The molecule has 3 heteroatoms. The largest absolute Gasteiger partial charge is 0.381 e. The van der Waals surface area contributed by atoms with Crippen molar-refractivity contribution in [2.45, 2.75) is 47.1 Å². The molecule has 3 nitrogen and oxygen atoms in total. The zero-order valence-electron chi connectivity index (χ0n) is 15.5. The lowest BCUT2D eigenvalue weighted by Gasteiger charge is -2.12. The third-order valence-electron chi connectivity index (χ3n) is 4.24. The van der Waals surface area contributed by atoms with E-state index in [1.807, 2.05) is 10.9 Å². The molecule has 1 aromatic carbocycles. The minimum atomic E-state index is 0.448. The van der Waals surface area contributed by atoms with Crippen molar-refractivity contribution in [2.75, 3.05) is 13.2 Å². The van der Waals surface area contributed by atoms with E-state index in [1.54, 1.807) is 0 Å². The van der Waals surface area contributed by atoms with Crippen LogP contribution >= 0.6 is 0 Å². The third kappa shape index (κ3) is 5.07.